The Morgan fingerprint density at radius 2 is 1.90 bits per heavy atom. The van der Waals surface area contributed by atoms with Crippen LogP contribution in [0.15, 0.2) is 24.3 Å². The number of aromatic nitrogens is 1. The summed E-state index contributed by atoms with van der Waals surface area (Å²) in [6, 6.07) is 8.63. The number of hydrogen-bond donors (Lipinski definition) is 1. The van der Waals surface area contributed by atoms with Crippen molar-refractivity contribution < 1.29 is 9.59 Å². The van der Waals surface area contributed by atoms with E-state index in [4.69, 9.17) is 0 Å². The first kappa shape index (κ1) is 20.5. The Hall–Kier alpha value is -2.40. The predicted molar refractivity (Wildman–Crippen MR) is 128 cm³/mol. The molecule has 2 aliphatic rings. The number of aryl methyl sites for hydroxylation is 1. The first-order valence-electron chi connectivity index (χ1n) is 11.4. The molecule has 5 heteroatoms. The third kappa shape index (κ3) is 3.63. The first-order chi connectivity index (χ1) is 14.9. The van der Waals surface area contributed by atoms with E-state index in [-0.39, 0.29) is 11.2 Å². The minimum Gasteiger partial charge on any atom is -0.382 e. The van der Waals surface area contributed by atoms with E-state index >= 15 is 0 Å². The molecular formula is C26H30N2O2S. The maximum absolute atomic E-state index is 13.1. The molecule has 0 saturated heterocycles. The van der Waals surface area contributed by atoms with Crippen LogP contribution in [0.5, 0.6) is 0 Å². The average molecular weight is 435 g/mol. The number of carbonyl (C=O) groups excluding carboxylic acids is 2. The molecule has 0 amide bonds. The molecule has 0 atom stereocenters. The highest BCUT2D eigenvalue weighted by molar-refractivity contribution is 7.18. The largest absolute Gasteiger partial charge is 0.382 e. The number of hydrogen-bond acceptors (Lipinski definition) is 4. The minimum absolute atomic E-state index is 0.0523. The molecule has 31 heavy (non-hydrogen) atoms. The number of anilines is 1. The number of nitrogens with one attached hydrogen (secondary N) is 1. The van der Waals surface area contributed by atoms with E-state index in [0.717, 1.165) is 58.4 Å². The van der Waals surface area contributed by atoms with Gasteiger partial charge >= 0.3 is 0 Å². The summed E-state index contributed by atoms with van der Waals surface area (Å²) in [5, 5.41) is 4.74. The van der Waals surface area contributed by atoms with Crippen LogP contribution in [0.4, 0.5) is 5.69 Å². The van der Waals surface area contributed by atoms with Crippen LogP contribution in [-0.4, -0.2) is 22.7 Å². The Balaban J connectivity index is 1.66. The van der Waals surface area contributed by atoms with Crippen LogP contribution in [0.2, 0.25) is 0 Å². The van der Waals surface area contributed by atoms with Crippen molar-refractivity contribution in [3.05, 3.63) is 46.0 Å². The van der Waals surface area contributed by atoms with Crippen molar-refractivity contribution in [2.24, 2.45) is 5.41 Å². The van der Waals surface area contributed by atoms with Gasteiger partial charge in [-0.1, -0.05) is 33.1 Å². The Morgan fingerprint density at radius 1 is 1.13 bits per heavy atom. The van der Waals surface area contributed by atoms with Gasteiger partial charge in [-0.25, -0.2) is 0 Å². The van der Waals surface area contributed by atoms with E-state index in [1.54, 1.807) is 11.3 Å². The number of carbonyl (C=O) groups is 2. The maximum atomic E-state index is 13.1. The summed E-state index contributed by atoms with van der Waals surface area (Å²) in [7, 11) is 0. The molecule has 1 aromatic carbocycles. The van der Waals surface area contributed by atoms with Crippen molar-refractivity contribution in [1.82, 2.24) is 4.57 Å². The molecule has 2 aliphatic carbocycles. The molecule has 2 heterocycles. The lowest BCUT2D eigenvalue weighted by Gasteiger charge is -2.30. The summed E-state index contributed by atoms with van der Waals surface area (Å²) in [5.41, 5.74) is 4.60. The molecule has 1 saturated carbocycles. The molecule has 162 valence electrons. The standard InChI is InChI=1S/C26H30N2O2S/c1-16-11-20-24-22(13-26(2,3)14-23(24)30)28(25(20)31-16)19-10-9-17(15-29)21(12-19)27-18-7-5-4-6-8-18/h9-12,15,18,27H,4-8,13-14H2,1-3H3. The van der Waals surface area contributed by atoms with E-state index in [9.17, 15) is 9.59 Å². The third-order valence-corrected chi connectivity index (χ3v) is 7.85. The highest BCUT2D eigenvalue weighted by atomic mass is 32.1. The maximum Gasteiger partial charge on any atom is 0.165 e. The summed E-state index contributed by atoms with van der Waals surface area (Å²) in [5.74, 6) is 0.248. The van der Waals surface area contributed by atoms with Crippen LogP contribution in [0.3, 0.4) is 0 Å². The van der Waals surface area contributed by atoms with Crippen LogP contribution >= 0.6 is 11.3 Å². The highest BCUT2D eigenvalue weighted by Crippen LogP contribution is 2.44. The third-order valence-electron chi connectivity index (χ3n) is 6.82. The second-order valence-electron chi connectivity index (χ2n) is 10.0. The SMILES string of the molecule is Cc1cc2c3c(n(-c4ccc(C=O)c(NC5CCCCC5)c4)c2s1)CC(C)(C)CC3=O. The van der Waals surface area contributed by atoms with Gasteiger partial charge in [-0.3, -0.25) is 9.59 Å². The van der Waals surface area contributed by atoms with Gasteiger partial charge in [0.1, 0.15) is 4.83 Å². The monoisotopic (exact) mass is 434 g/mol. The van der Waals surface area contributed by atoms with Gasteiger partial charge in [0, 0.05) is 50.9 Å². The van der Waals surface area contributed by atoms with E-state index < -0.39 is 0 Å². The zero-order valence-electron chi connectivity index (χ0n) is 18.6. The van der Waals surface area contributed by atoms with Gasteiger partial charge in [-0.15, -0.1) is 11.3 Å². The molecule has 0 spiro atoms. The lowest BCUT2D eigenvalue weighted by atomic mass is 9.76. The normalized spacial score (nSPS) is 18.9. The van der Waals surface area contributed by atoms with Crippen molar-refractivity contribution >= 4 is 39.3 Å². The van der Waals surface area contributed by atoms with Crippen LogP contribution in [0.25, 0.3) is 15.9 Å². The average Bonchev–Trinajstić information content (AvgIpc) is 3.21. The summed E-state index contributed by atoms with van der Waals surface area (Å²) < 4.78 is 2.28. The van der Waals surface area contributed by atoms with Gasteiger partial charge in [0.2, 0.25) is 0 Å². The first-order valence-corrected chi connectivity index (χ1v) is 12.2. The van der Waals surface area contributed by atoms with Crippen LogP contribution in [-0.2, 0) is 6.42 Å². The van der Waals surface area contributed by atoms with Gasteiger partial charge in [0.05, 0.1) is 0 Å². The van der Waals surface area contributed by atoms with Gasteiger partial charge in [0.25, 0.3) is 0 Å². The summed E-state index contributed by atoms with van der Waals surface area (Å²) in [6.45, 7) is 6.45. The second kappa shape index (κ2) is 7.63. The number of ketones is 1. The van der Waals surface area contributed by atoms with Crippen LogP contribution < -0.4 is 5.32 Å². The van der Waals surface area contributed by atoms with Gasteiger partial charge in [-0.2, -0.15) is 0 Å². The van der Waals surface area contributed by atoms with E-state index in [0.29, 0.717) is 18.0 Å². The topological polar surface area (TPSA) is 51.1 Å². The lowest BCUT2D eigenvalue weighted by Crippen LogP contribution is -2.28. The summed E-state index contributed by atoms with van der Waals surface area (Å²) in [4.78, 5) is 27.2. The second-order valence-corrected chi connectivity index (χ2v) is 11.3. The predicted octanol–water partition coefficient (Wildman–Crippen LogP) is 6.71. The van der Waals surface area contributed by atoms with Crippen molar-refractivity contribution in [3.8, 4) is 5.69 Å². The van der Waals surface area contributed by atoms with Gasteiger partial charge < -0.3 is 9.88 Å². The smallest absolute Gasteiger partial charge is 0.165 e. The van der Waals surface area contributed by atoms with Crippen LogP contribution in [0, 0.1) is 12.3 Å². The fourth-order valence-corrected chi connectivity index (χ4v) is 6.47. The number of Topliss-reactive ketones (excluding diaryl/α,β-unsaturated/α-hetero) is 1. The number of rotatable bonds is 4. The molecule has 1 N–H and O–H groups in total. The molecular weight excluding hydrogens is 404 g/mol. The Kier molecular flexibility index (Phi) is 5.04. The van der Waals surface area contributed by atoms with E-state index in [2.05, 4.69) is 42.8 Å². The lowest BCUT2D eigenvalue weighted by molar-refractivity contribution is 0.0912. The Morgan fingerprint density at radius 3 is 2.65 bits per heavy atom. The Bertz CT molecular complexity index is 1180. The summed E-state index contributed by atoms with van der Waals surface area (Å²) >= 11 is 1.74. The number of nitrogens with zero attached hydrogens (tertiary/aromatic N) is 1. The van der Waals surface area contributed by atoms with Crippen molar-refractivity contribution in [2.75, 3.05) is 5.32 Å². The van der Waals surface area contributed by atoms with Gasteiger partial charge in [0.15, 0.2) is 12.1 Å². The molecule has 0 aliphatic heterocycles. The number of benzene rings is 1. The van der Waals surface area contributed by atoms with E-state index in [1.165, 1.54) is 24.1 Å². The quantitative estimate of drug-likeness (QED) is 0.464. The molecule has 0 radical (unpaired) electrons. The molecule has 5 rings (SSSR count). The fourth-order valence-electron chi connectivity index (χ4n) is 5.41. The van der Waals surface area contributed by atoms with Crippen LogP contribution in [0.1, 0.15) is 83.7 Å². The molecule has 0 unspecified atom stereocenters. The molecule has 4 nitrogen and oxygen atoms in total. The molecule has 1 fully saturated rings. The summed E-state index contributed by atoms with van der Waals surface area (Å²) in [6.07, 6.45) is 8.49. The van der Waals surface area contributed by atoms with Crippen molar-refractivity contribution in [3.63, 3.8) is 0 Å². The van der Waals surface area contributed by atoms with Crippen molar-refractivity contribution in [1.29, 1.82) is 0 Å². The number of fused-ring (bicyclic) bond motifs is 3. The van der Waals surface area contributed by atoms with Crippen molar-refractivity contribution in [2.45, 2.75) is 71.8 Å². The molecule has 0 bridgehead atoms. The highest BCUT2D eigenvalue weighted by Gasteiger charge is 2.36. The zero-order valence-corrected chi connectivity index (χ0v) is 19.4. The van der Waals surface area contributed by atoms with E-state index in [1.807, 2.05) is 12.1 Å². The molecule has 2 aromatic heterocycles. The number of aldehydes is 1. The zero-order chi connectivity index (χ0) is 21.8. The fraction of sp³-hybridized carbons (Fsp3) is 0.462. The van der Waals surface area contributed by atoms with Gasteiger partial charge in [-0.05, 0) is 55.9 Å². The Labute approximate surface area is 187 Å². The molecule has 3 aromatic rings. The number of thiophene rings is 1. The minimum atomic E-state index is -0.0523.